The van der Waals surface area contributed by atoms with E-state index in [4.69, 9.17) is 0 Å². The van der Waals surface area contributed by atoms with Crippen LogP contribution in [0.3, 0.4) is 0 Å². The molecule has 1 aliphatic carbocycles. The summed E-state index contributed by atoms with van der Waals surface area (Å²) in [5.74, 6) is 0.651. The SMILES string of the molecule is O=C(NCC1CC1)[C@H]1C[C@H](F)CN1. The van der Waals surface area contributed by atoms with Crippen LogP contribution in [-0.4, -0.2) is 31.2 Å². The van der Waals surface area contributed by atoms with E-state index < -0.39 is 6.17 Å². The molecule has 1 saturated carbocycles. The van der Waals surface area contributed by atoms with Crippen molar-refractivity contribution < 1.29 is 9.18 Å². The largest absolute Gasteiger partial charge is 0.354 e. The fourth-order valence-corrected chi connectivity index (χ4v) is 1.58. The topological polar surface area (TPSA) is 41.1 Å². The molecule has 2 aliphatic rings. The Balaban J connectivity index is 1.69. The molecule has 0 unspecified atom stereocenters. The van der Waals surface area contributed by atoms with Gasteiger partial charge in [-0.2, -0.15) is 0 Å². The van der Waals surface area contributed by atoms with Crippen LogP contribution >= 0.6 is 0 Å². The van der Waals surface area contributed by atoms with E-state index in [1.165, 1.54) is 12.8 Å². The lowest BCUT2D eigenvalue weighted by atomic mass is 10.2. The van der Waals surface area contributed by atoms with E-state index >= 15 is 0 Å². The predicted octanol–water partition coefficient (Wildman–Crippen LogP) is 0.213. The maximum atomic E-state index is 12.7. The van der Waals surface area contributed by atoms with Gasteiger partial charge in [-0.05, 0) is 18.8 Å². The fraction of sp³-hybridized carbons (Fsp3) is 0.889. The van der Waals surface area contributed by atoms with Gasteiger partial charge in [-0.25, -0.2) is 4.39 Å². The summed E-state index contributed by atoms with van der Waals surface area (Å²) in [5.41, 5.74) is 0. The number of amides is 1. The zero-order valence-electron chi connectivity index (χ0n) is 7.55. The number of alkyl halides is 1. The van der Waals surface area contributed by atoms with Gasteiger partial charge in [0.15, 0.2) is 0 Å². The van der Waals surface area contributed by atoms with Crippen molar-refractivity contribution in [3.63, 3.8) is 0 Å². The lowest BCUT2D eigenvalue weighted by Gasteiger charge is -2.09. The fourth-order valence-electron chi connectivity index (χ4n) is 1.58. The summed E-state index contributed by atoms with van der Waals surface area (Å²) >= 11 is 0. The van der Waals surface area contributed by atoms with Gasteiger partial charge < -0.3 is 10.6 Å². The maximum absolute atomic E-state index is 12.7. The highest BCUT2D eigenvalue weighted by Crippen LogP contribution is 2.27. The summed E-state index contributed by atoms with van der Waals surface area (Å²) in [7, 11) is 0. The van der Waals surface area contributed by atoms with E-state index in [2.05, 4.69) is 10.6 Å². The van der Waals surface area contributed by atoms with Crippen LogP contribution in [0.5, 0.6) is 0 Å². The summed E-state index contributed by atoms with van der Waals surface area (Å²) in [6.07, 6.45) is 1.93. The average Bonchev–Trinajstić information content (AvgIpc) is 2.84. The molecule has 2 rings (SSSR count). The van der Waals surface area contributed by atoms with Crippen LogP contribution in [0.15, 0.2) is 0 Å². The zero-order valence-corrected chi connectivity index (χ0v) is 7.55. The Bertz CT molecular complexity index is 206. The van der Waals surface area contributed by atoms with E-state index in [0.29, 0.717) is 18.9 Å². The molecule has 1 saturated heterocycles. The van der Waals surface area contributed by atoms with Crippen LogP contribution in [0.1, 0.15) is 19.3 Å². The summed E-state index contributed by atoms with van der Waals surface area (Å²) in [6, 6.07) is -0.297. The second kappa shape index (κ2) is 3.62. The lowest BCUT2D eigenvalue weighted by Crippen LogP contribution is -2.41. The molecule has 4 heteroatoms. The number of carbonyl (C=O) groups is 1. The zero-order chi connectivity index (χ0) is 9.26. The molecule has 2 fully saturated rings. The minimum absolute atomic E-state index is 0.0351. The van der Waals surface area contributed by atoms with Gasteiger partial charge in [0.05, 0.1) is 6.04 Å². The highest BCUT2D eigenvalue weighted by atomic mass is 19.1. The number of halogens is 1. The Labute approximate surface area is 77.1 Å². The van der Waals surface area contributed by atoms with Gasteiger partial charge in [0.1, 0.15) is 6.17 Å². The van der Waals surface area contributed by atoms with Gasteiger partial charge in [0.2, 0.25) is 5.91 Å². The minimum Gasteiger partial charge on any atom is -0.354 e. The number of hydrogen-bond acceptors (Lipinski definition) is 2. The molecule has 74 valence electrons. The van der Waals surface area contributed by atoms with Crippen molar-refractivity contribution in [3.05, 3.63) is 0 Å². The molecule has 0 bridgehead atoms. The average molecular weight is 186 g/mol. The van der Waals surface area contributed by atoms with Crippen molar-refractivity contribution in [2.75, 3.05) is 13.1 Å². The Hall–Kier alpha value is -0.640. The van der Waals surface area contributed by atoms with Crippen molar-refractivity contribution in [2.24, 2.45) is 5.92 Å². The lowest BCUT2D eigenvalue weighted by molar-refractivity contribution is -0.122. The Morgan fingerprint density at radius 3 is 2.85 bits per heavy atom. The highest BCUT2D eigenvalue weighted by molar-refractivity contribution is 5.82. The molecule has 1 amide bonds. The van der Waals surface area contributed by atoms with Gasteiger partial charge in [-0.3, -0.25) is 4.79 Å². The second-order valence-corrected chi connectivity index (χ2v) is 3.98. The van der Waals surface area contributed by atoms with Crippen molar-refractivity contribution in [2.45, 2.75) is 31.5 Å². The summed E-state index contributed by atoms with van der Waals surface area (Å²) in [6.45, 7) is 1.09. The molecular formula is C9H15FN2O. The quantitative estimate of drug-likeness (QED) is 0.661. The number of carbonyl (C=O) groups excluding carboxylic acids is 1. The molecule has 0 aromatic carbocycles. The molecule has 0 aromatic rings. The molecule has 1 heterocycles. The third kappa shape index (κ3) is 2.40. The number of hydrogen-bond donors (Lipinski definition) is 2. The van der Waals surface area contributed by atoms with E-state index in [-0.39, 0.29) is 11.9 Å². The standard InChI is InChI=1S/C9H15FN2O/c10-7-3-8(11-5-7)9(13)12-4-6-1-2-6/h6-8,11H,1-5H2,(H,12,13)/t7-,8+/m0/s1. The van der Waals surface area contributed by atoms with Gasteiger partial charge in [0, 0.05) is 19.5 Å². The van der Waals surface area contributed by atoms with Crippen molar-refractivity contribution >= 4 is 5.91 Å². The van der Waals surface area contributed by atoms with Gasteiger partial charge in [-0.15, -0.1) is 0 Å². The van der Waals surface area contributed by atoms with Gasteiger partial charge in [0.25, 0.3) is 0 Å². The summed E-state index contributed by atoms with van der Waals surface area (Å²) in [5, 5.41) is 5.70. The monoisotopic (exact) mass is 186 g/mol. The highest BCUT2D eigenvalue weighted by Gasteiger charge is 2.30. The molecule has 0 aromatic heterocycles. The Morgan fingerprint density at radius 1 is 1.54 bits per heavy atom. The molecule has 0 radical (unpaired) electrons. The third-order valence-corrected chi connectivity index (χ3v) is 2.66. The molecule has 1 aliphatic heterocycles. The van der Waals surface area contributed by atoms with Gasteiger partial charge in [-0.1, -0.05) is 0 Å². The van der Waals surface area contributed by atoms with Crippen molar-refractivity contribution in [1.29, 1.82) is 0 Å². The number of rotatable bonds is 3. The second-order valence-electron chi connectivity index (χ2n) is 3.98. The van der Waals surface area contributed by atoms with Crippen molar-refractivity contribution in [3.8, 4) is 0 Å². The first-order chi connectivity index (χ1) is 6.25. The van der Waals surface area contributed by atoms with E-state index in [1.807, 2.05) is 0 Å². The molecule has 13 heavy (non-hydrogen) atoms. The van der Waals surface area contributed by atoms with Crippen LogP contribution in [-0.2, 0) is 4.79 Å². The van der Waals surface area contributed by atoms with E-state index in [0.717, 1.165) is 6.54 Å². The molecule has 0 spiro atoms. The Kier molecular flexibility index (Phi) is 2.49. The first kappa shape index (κ1) is 8.94. The van der Waals surface area contributed by atoms with Gasteiger partial charge >= 0.3 is 0 Å². The van der Waals surface area contributed by atoms with E-state index in [1.54, 1.807) is 0 Å². The van der Waals surface area contributed by atoms with Crippen LogP contribution in [0.4, 0.5) is 4.39 Å². The summed E-state index contributed by atoms with van der Waals surface area (Å²) < 4.78 is 12.7. The van der Waals surface area contributed by atoms with Crippen molar-refractivity contribution in [1.82, 2.24) is 10.6 Å². The van der Waals surface area contributed by atoms with Crippen LogP contribution in [0, 0.1) is 5.92 Å². The Morgan fingerprint density at radius 2 is 2.31 bits per heavy atom. The predicted molar refractivity (Wildman–Crippen MR) is 47.0 cm³/mol. The molecular weight excluding hydrogens is 171 g/mol. The normalized spacial score (nSPS) is 33.3. The first-order valence-electron chi connectivity index (χ1n) is 4.91. The maximum Gasteiger partial charge on any atom is 0.237 e. The van der Waals surface area contributed by atoms with E-state index in [9.17, 15) is 9.18 Å². The smallest absolute Gasteiger partial charge is 0.237 e. The van der Waals surface area contributed by atoms with Crippen LogP contribution in [0.25, 0.3) is 0 Å². The third-order valence-electron chi connectivity index (χ3n) is 2.66. The number of nitrogens with one attached hydrogen (secondary N) is 2. The minimum atomic E-state index is -0.850. The van der Waals surface area contributed by atoms with Crippen LogP contribution in [0.2, 0.25) is 0 Å². The molecule has 2 N–H and O–H groups in total. The molecule has 3 nitrogen and oxygen atoms in total. The summed E-state index contributed by atoms with van der Waals surface area (Å²) in [4.78, 5) is 11.4. The first-order valence-corrected chi connectivity index (χ1v) is 4.91. The van der Waals surface area contributed by atoms with Crippen LogP contribution < -0.4 is 10.6 Å². The molecule has 2 atom stereocenters.